The number of hydrogen-bond acceptors (Lipinski definition) is 3. The Kier molecular flexibility index (Phi) is 5.66. The smallest absolute Gasteiger partial charge is 0.304 e. The average molecular weight is 237 g/mol. The molecular weight excluding hydrogens is 218 g/mol. The fourth-order valence-corrected chi connectivity index (χ4v) is 1.66. The fraction of sp³-hybridized carbons (Fsp3) is 0.462. The summed E-state index contributed by atoms with van der Waals surface area (Å²) in [6.07, 6.45) is 0.175. The first-order valence-corrected chi connectivity index (χ1v) is 5.59. The van der Waals surface area contributed by atoms with Crippen molar-refractivity contribution in [3.8, 4) is 0 Å². The first kappa shape index (κ1) is 13.7. The highest BCUT2D eigenvalue weighted by Gasteiger charge is 2.04. The molecule has 0 aliphatic heterocycles. The number of nitrogens with zero attached hydrogens (tertiary/aromatic N) is 1. The zero-order valence-corrected chi connectivity index (χ0v) is 10.3. The van der Waals surface area contributed by atoms with Gasteiger partial charge in [-0.3, -0.25) is 4.79 Å². The normalized spacial score (nSPS) is 10.8. The summed E-state index contributed by atoms with van der Waals surface area (Å²) >= 11 is 0. The predicted molar refractivity (Wildman–Crippen MR) is 65.7 cm³/mol. The summed E-state index contributed by atoms with van der Waals surface area (Å²) in [6.45, 7) is 1.92. The third kappa shape index (κ3) is 5.47. The molecule has 0 atom stereocenters. The van der Waals surface area contributed by atoms with Crippen LogP contribution in [-0.4, -0.2) is 36.7 Å². The molecule has 1 aromatic carbocycles. The van der Waals surface area contributed by atoms with Gasteiger partial charge in [-0.15, -0.1) is 0 Å². The maximum atomic E-state index is 10.5. The van der Waals surface area contributed by atoms with Crippen LogP contribution in [0.15, 0.2) is 24.3 Å². The van der Waals surface area contributed by atoms with Crippen molar-refractivity contribution >= 4 is 5.97 Å². The van der Waals surface area contributed by atoms with Gasteiger partial charge < -0.3 is 14.7 Å². The van der Waals surface area contributed by atoms with Gasteiger partial charge in [0.15, 0.2) is 0 Å². The van der Waals surface area contributed by atoms with Gasteiger partial charge in [-0.1, -0.05) is 24.3 Å². The van der Waals surface area contributed by atoms with Crippen molar-refractivity contribution in [3.63, 3.8) is 0 Å². The predicted octanol–water partition coefficient (Wildman–Crippen LogP) is 1.74. The van der Waals surface area contributed by atoms with E-state index in [1.807, 2.05) is 30.1 Å². The second-order valence-corrected chi connectivity index (χ2v) is 4.13. The maximum Gasteiger partial charge on any atom is 0.304 e. The molecule has 0 amide bonds. The molecule has 0 unspecified atom stereocenters. The van der Waals surface area contributed by atoms with E-state index in [0.29, 0.717) is 13.2 Å². The molecule has 0 spiro atoms. The van der Waals surface area contributed by atoms with Crippen molar-refractivity contribution in [1.82, 2.24) is 4.90 Å². The molecule has 4 heteroatoms. The molecule has 0 aliphatic carbocycles. The van der Waals surface area contributed by atoms with E-state index in [-0.39, 0.29) is 6.42 Å². The Labute approximate surface area is 102 Å². The Bertz CT molecular complexity index is 365. The zero-order chi connectivity index (χ0) is 12.7. The summed E-state index contributed by atoms with van der Waals surface area (Å²) in [5.41, 5.74) is 2.31. The molecule has 1 aromatic rings. The van der Waals surface area contributed by atoms with Crippen molar-refractivity contribution in [2.75, 3.05) is 20.7 Å². The van der Waals surface area contributed by atoms with Crippen molar-refractivity contribution in [3.05, 3.63) is 35.4 Å². The monoisotopic (exact) mass is 237 g/mol. The Balaban J connectivity index is 2.49. The molecule has 17 heavy (non-hydrogen) atoms. The number of hydrogen-bond donors (Lipinski definition) is 1. The summed E-state index contributed by atoms with van der Waals surface area (Å²) in [6, 6.07) is 8.14. The lowest BCUT2D eigenvalue weighted by Crippen LogP contribution is -2.21. The number of rotatable bonds is 7. The SMILES string of the molecule is COCc1cccc(CN(C)CCC(=O)O)c1. The van der Waals surface area contributed by atoms with Gasteiger partial charge >= 0.3 is 5.97 Å². The van der Waals surface area contributed by atoms with E-state index in [4.69, 9.17) is 9.84 Å². The topological polar surface area (TPSA) is 49.8 Å². The van der Waals surface area contributed by atoms with Crippen LogP contribution < -0.4 is 0 Å². The van der Waals surface area contributed by atoms with Crippen LogP contribution in [0.25, 0.3) is 0 Å². The van der Waals surface area contributed by atoms with Crippen molar-refractivity contribution < 1.29 is 14.6 Å². The van der Waals surface area contributed by atoms with Crippen LogP contribution >= 0.6 is 0 Å². The molecule has 0 heterocycles. The third-order valence-electron chi connectivity index (χ3n) is 2.46. The highest BCUT2D eigenvalue weighted by atomic mass is 16.5. The standard InChI is InChI=1S/C13H19NO3/c1-14(7-6-13(15)16)9-11-4-3-5-12(8-11)10-17-2/h3-5,8H,6-7,9-10H2,1-2H3,(H,15,16). The van der Waals surface area contributed by atoms with Crippen LogP contribution in [0.3, 0.4) is 0 Å². The highest BCUT2D eigenvalue weighted by Crippen LogP contribution is 2.08. The molecule has 1 N–H and O–H groups in total. The van der Waals surface area contributed by atoms with Crippen LogP contribution in [0.5, 0.6) is 0 Å². The number of ether oxygens (including phenoxy) is 1. The molecule has 0 saturated carbocycles. The molecule has 0 aromatic heterocycles. The first-order chi connectivity index (χ1) is 8.11. The number of benzene rings is 1. The van der Waals surface area contributed by atoms with Gasteiger partial charge in [-0.2, -0.15) is 0 Å². The van der Waals surface area contributed by atoms with E-state index in [9.17, 15) is 4.79 Å². The Hall–Kier alpha value is -1.39. The summed E-state index contributed by atoms with van der Waals surface area (Å²) < 4.78 is 5.08. The van der Waals surface area contributed by atoms with Gasteiger partial charge in [0.2, 0.25) is 0 Å². The Morgan fingerprint density at radius 1 is 1.41 bits per heavy atom. The number of methoxy groups -OCH3 is 1. The largest absolute Gasteiger partial charge is 0.481 e. The van der Waals surface area contributed by atoms with Crippen LogP contribution in [0.4, 0.5) is 0 Å². The molecule has 0 radical (unpaired) electrons. The maximum absolute atomic E-state index is 10.5. The van der Waals surface area contributed by atoms with E-state index < -0.39 is 5.97 Å². The van der Waals surface area contributed by atoms with E-state index in [0.717, 1.165) is 12.1 Å². The molecule has 0 bridgehead atoms. The van der Waals surface area contributed by atoms with E-state index in [1.165, 1.54) is 5.56 Å². The van der Waals surface area contributed by atoms with Crippen LogP contribution in [-0.2, 0) is 22.7 Å². The minimum Gasteiger partial charge on any atom is -0.481 e. The van der Waals surface area contributed by atoms with Crippen LogP contribution in [0, 0.1) is 0 Å². The van der Waals surface area contributed by atoms with Gasteiger partial charge in [0.25, 0.3) is 0 Å². The van der Waals surface area contributed by atoms with Crippen molar-refractivity contribution in [2.45, 2.75) is 19.6 Å². The Morgan fingerprint density at radius 2 is 2.12 bits per heavy atom. The number of carboxylic acids is 1. The van der Waals surface area contributed by atoms with Gasteiger partial charge in [0, 0.05) is 20.2 Å². The second-order valence-electron chi connectivity index (χ2n) is 4.13. The molecule has 94 valence electrons. The summed E-state index contributed by atoms with van der Waals surface area (Å²) in [5, 5.41) is 8.60. The van der Waals surface area contributed by atoms with Crippen LogP contribution in [0.2, 0.25) is 0 Å². The molecule has 0 aliphatic rings. The summed E-state index contributed by atoms with van der Waals surface area (Å²) in [4.78, 5) is 12.5. The second kappa shape index (κ2) is 7.04. The lowest BCUT2D eigenvalue weighted by Gasteiger charge is -2.15. The van der Waals surface area contributed by atoms with Gasteiger partial charge in [0.1, 0.15) is 0 Å². The minimum atomic E-state index is -0.759. The van der Waals surface area contributed by atoms with E-state index in [2.05, 4.69) is 6.07 Å². The number of aliphatic carboxylic acids is 1. The van der Waals surface area contributed by atoms with E-state index in [1.54, 1.807) is 7.11 Å². The Morgan fingerprint density at radius 3 is 2.76 bits per heavy atom. The highest BCUT2D eigenvalue weighted by molar-refractivity contribution is 5.66. The zero-order valence-electron chi connectivity index (χ0n) is 10.3. The fourth-order valence-electron chi connectivity index (χ4n) is 1.66. The third-order valence-corrected chi connectivity index (χ3v) is 2.46. The molecule has 1 rings (SSSR count). The minimum absolute atomic E-state index is 0.175. The quantitative estimate of drug-likeness (QED) is 0.784. The molecule has 4 nitrogen and oxygen atoms in total. The lowest BCUT2D eigenvalue weighted by molar-refractivity contribution is -0.137. The number of carbonyl (C=O) groups is 1. The number of carboxylic acid groups (broad SMARTS) is 1. The lowest BCUT2D eigenvalue weighted by atomic mass is 10.1. The average Bonchev–Trinajstić information content (AvgIpc) is 2.27. The molecule has 0 fully saturated rings. The molecular formula is C13H19NO3. The van der Waals surface area contributed by atoms with Crippen molar-refractivity contribution in [2.24, 2.45) is 0 Å². The van der Waals surface area contributed by atoms with Gasteiger partial charge in [-0.25, -0.2) is 0 Å². The summed E-state index contributed by atoms with van der Waals surface area (Å²) in [7, 11) is 3.59. The van der Waals surface area contributed by atoms with Gasteiger partial charge in [0.05, 0.1) is 13.0 Å². The van der Waals surface area contributed by atoms with Gasteiger partial charge in [-0.05, 0) is 18.2 Å². The van der Waals surface area contributed by atoms with Crippen molar-refractivity contribution in [1.29, 1.82) is 0 Å². The van der Waals surface area contributed by atoms with Crippen LogP contribution in [0.1, 0.15) is 17.5 Å². The summed E-state index contributed by atoms with van der Waals surface area (Å²) in [5.74, 6) is -0.759. The first-order valence-electron chi connectivity index (χ1n) is 5.59. The molecule has 0 saturated heterocycles. The van der Waals surface area contributed by atoms with E-state index >= 15 is 0 Å².